The first kappa shape index (κ1) is 25.6. The molecule has 176 valence electrons. The topological polar surface area (TPSA) is 101 Å². The minimum atomic E-state index is -0.340. The number of urea groups is 1. The maximum Gasteiger partial charge on any atom is 0.324 e. The highest BCUT2D eigenvalue weighted by Gasteiger charge is 2.29. The summed E-state index contributed by atoms with van der Waals surface area (Å²) in [6.07, 6.45) is 1.20. The zero-order valence-corrected chi connectivity index (χ0v) is 21.1. The van der Waals surface area contributed by atoms with E-state index in [0.717, 1.165) is 45.2 Å². The van der Waals surface area contributed by atoms with Crippen molar-refractivity contribution in [2.24, 2.45) is 16.8 Å². The molecular weight excluding hydrogens is 513 g/mol. The summed E-state index contributed by atoms with van der Waals surface area (Å²) in [5, 5.41) is 5.75. The number of carbonyl (C=O) groups excluding carboxylic acids is 3. The van der Waals surface area contributed by atoms with Gasteiger partial charge in [0.15, 0.2) is 5.96 Å². The molecule has 0 aliphatic carbocycles. The van der Waals surface area contributed by atoms with E-state index in [1.165, 1.54) is 11.3 Å². The zero-order chi connectivity index (χ0) is 21.7. The van der Waals surface area contributed by atoms with Gasteiger partial charge in [-0.1, -0.05) is 13.8 Å². The van der Waals surface area contributed by atoms with Crippen LogP contribution in [0.3, 0.4) is 0 Å². The molecule has 0 aromatic heterocycles. The number of halogens is 1. The molecule has 0 aromatic carbocycles. The summed E-state index contributed by atoms with van der Waals surface area (Å²) < 4.78 is 0. The third-order valence-corrected chi connectivity index (χ3v) is 6.02. The van der Waals surface area contributed by atoms with Crippen molar-refractivity contribution in [2.45, 2.75) is 20.3 Å². The van der Waals surface area contributed by atoms with Crippen molar-refractivity contribution < 1.29 is 14.4 Å². The predicted octanol–water partition coefficient (Wildman–Crippen LogP) is -0.146. The number of nitrogens with zero attached hydrogens (tertiary/aromatic N) is 5. The highest BCUT2D eigenvalue weighted by molar-refractivity contribution is 14.0. The maximum absolute atomic E-state index is 12.7. The van der Waals surface area contributed by atoms with Gasteiger partial charge in [-0.05, 0) is 18.3 Å². The maximum atomic E-state index is 12.7. The number of aliphatic imine (C=N–C) groups is 1. The van der Waals surface area contributed by atoms with Crippen molar-refractivity contribution in [2.75, 3.05) is 72.5 Å². The molecule has 10 nitrogen and oxygen atoms in total. The number of hydrogen-bond donors (Lipinski definition) is 2. The van der Waals surface area contributed by atoms with Gasteiger partial charge in [0.05, 0.1) is 13.1 Å². The second kappa shape index (κ2) is 11.8. The first-order valence-electron chi connectivity index (χ1n) is 10.9. The minimum Gasteiger partial charge on any atom is -0.354 e. The van der Waals surface area contributed by atoms with Crippen LogP contribution in [0.15, 0.2) is 4.99 Å². The molecule has 0 radical (unpaired) electrons. The molecule has 4 amide bonds. The lowest BCUT2D eigenvalue weighted by atomic mass is 9.92. The minimum absolute atomic E-state index is 0. The number of imide groups is 1. The van der Waals surface area contributed by atoms with Crippen LogP contribution >= 0.6 is 24.0 Å². The van der Waals surface area contributed by atoms with Gasteiger partial charge in [-0.15, -0.1) is 24.0 Å². The quantitative estimate of drug-likeness (QED) is 0.214. The van der Waals surface area contributed by atoms with Crippen LogP contribution in [0.25, 0.3) is 0 Å². The molecule has 3 rings (SSSR count). The third-order valence-electron chi connectivity index (χ3n) is 6.02. The number of amides is 4. The van der Waals surface area contributed by atoms with Crippen LogP contribution in [0.4, 0.5) is 4.79 Å². The van der Waals surface area contributed by atoms with Gasteiger partial charge in [0, 0.05) is 59.4 Å². The SMILES string of the molecule is CN=C(NCCN1C(=O)CNC1=O)N1CCN(CC(=O)N2CC(C)CC(C)C2)CC1.I. The van der Waals surface area contributed by atoms with Crippen molar-refractivity contribution in [3.63, 3.8) is 0 Å². The van der Waals surface area contributed by atoms with Gasteiger partial charge in [0.1, 0.15) is 0 Å². The Labute approximate surface area is 201 Å². The molecule has 11 heteroatoms. The van der Waals surface area contributed by atoms with E-state index in [4.69, 9.17) is 0 Å². The van der Waals surface area contributed by atoms with Crippen molar-refractivity contribution in [3.05, 3.63) is 0 Å². The number of carbonyl (C=O) groups is 3. The van der Waals surface area contributed by atoms with Gasteiger partial charge < -0.3 is 20.4 Å². The Hall–Kier alpha value is -1.63. The smallest absolute Gasteiger partial charge is 0.324 e. The Morgan fingerprint density at radius 2 is 1.74 bits per heavy atom. The molecule has 2 N–H and O–H groups in total. The van der Waals surface area contributed by atoms with Gasteiger partial charge >= 0.3 is 6.03 Å². The second-order valence-corrected chi connectivity index (χ2v) is 8.69. The van der Waals surface area contributed by atoms with E-state index in [1.54, 1.807) is 7.05 Å². The first-order chi connectivity index (χ1) is 14.4. The summed E-state index contributed by atoms with van der Waals surface area (Å²) in [4.78, 5) is 47.9. The summed E-state index contributed by atoms with van der Waals surface area (Å²) >= 11 is 0. The van der Waals surface area contributed by atoms with Gasteiger partial charge in [0.25, 0.3) is 0 Å². The summed E-state index contributed by atoms with van der Waals surface area (Å²) in [6.45, 7) is 10.7. The Balaban J connectivity index is 0.00000341. The lowest BCUT2D eigenvalue weighted by molar-refractivity contribution is -0.135. The summed E-state index contributed by atoms with van der Waals surface area (Å²) in [6, 6.07) is -0.340. The lowest BCUT2D eigenvalue weighted by Gasteiger charge is -2.39. The van der Waals surface area contributed by atoms with Gasteiger partial charge in [-0.2, -0.15) is 0 Å². The van der Waals surface area contributed by atoms with Crippen molar-refractivity contribution in [1.29, 1.82) is 0 Å². The lowest BCUT2D eigenvalue weighted by Crippen LogP contribution is -2.55. The van der Waals surface area contributed by atoms with Crippen LogP contribution in [-0.2, 0) is 9.59 Å². The van der Waals surface area contributed by atoms with Gasteiger partial charge in [-0.3, -0.25) is 24.4 Å². The fourth-order valence-electron chi connectivity index (χ4n) is 4.57. The number of likely N-dealkylation sites (tertiary alicyclic amines) is 1. The highest BCUT2D eigenvalue weighted by atomic mass is 127. The largest absolute Gasteiger partial charge is 0.354 e. The molecular formula is C20H36IN7O3. The fraction of sp³-hybridized carbons (Fsp3) is 0.800. The molecule has 2 atom stereocenters. The molecule has 3 aliphatic heterocycles. The third kappa shape index (κ3) is 6.93. The van der Waals surface area contributed by atoms with Crippen molar-refractivity contribution in [3.8, 4) is 0 Å². The number of rotatable bonds is 5. The van der Waals surface area contributed by atoms with E-state index in [9.17, 15) is 14.4 Å². The van der Waals surface area contributed by atoms with Crippen LogP contribution < -0.4 is 10.6 Å². The molecule has 0 spiro atoms. The van der Waals surface area contributed by atoms with Crippen LogP contribution in [-0.4, -0.2) is 116 Å². The standard InChI is InChI=1S/C20H35N7O3.HI/c1-15-10-16(2)13-26(12-15)18(29)14-24-6-8-25(9-7-24)19(21-3)22-4-5-27-17(28)11-23-20(27)30;/h15-16H,4-14H2,1-3H3,(H,21,22)(H,23,30);1H. The molecule has 0 saturated carbocycles. The van der Waals surface area contributed by atoms with E-state index in [1.807, 2.05) is 4.90 Å². The Morgan fingerprint density at radius 3 is 2.29 bits per heavy atom. The van der Waals surface area contributed by atoms with E-state index in [-0.39, 0.29) is 48.4 Å². The zero-order valence-electron chi connectivity index (χ0n) is 18.8. The number of nitrogens with one attached hydrogen (secondary N) is 2. The molecule has 3 saturated heterocycles. The molecule has 0 bridgehead atoms. The van der Waals surface area contributed by atoms with E-state index in [0.29, 0.717) is 31.5 Å². The van der Waals surface area contributed by atoms with E-state index >= 15 is 0 Å². The average Bonchev–Trinajstić information content (AvgIpc) is 3.03. The van der Waals surface area contributed by atoms with Gasteiger partial charge in [-0.25, -0.2) is 4.79 Å². The Morgan fingerprint density at radius 1 is 1.10 bits per heavy atom. The van der Waals surface area contributed by atoms with Crippen LogP contribution in [0, 0.1) is 11.8 Å². The van der Waals surface area contributed by atoms with E-state index in [2.05, 4.69) is 39.3 Å². The van der Waals surface area contributed by atoms with Crippen LogP contribution in [0.1, 0.15) is 20.3 Å². The molecule has 2 unspecified atom stereocenters. The number of piperidine rings is 1. The monoisotopic (exact) mass is 549 g/mol. The normalized spacial score (nSPS) is 25.4. The fourth-order valence-corrected chi connectivity index (χ4v) is 4.57. The summed E-state index contributed by atoms with van der Waals surface area (Å²) in [5.41, 5.74) is 0. The predicted molar refractivity (Wildman–Crippen MR) is 129 cm³/mol. The summed E-state index contributed by atoms with van der Waals surface area (Å²) in [5.74, 6) is 1.94. The average molecular weight is 549 g/mol. The molecule has 3 fully saturated rings. The van der Waals surface area contributed by atoms with Gasteiger partial charge in [0.2, 0.25) is 11.8 Å². The Bertz CT molecular complexity index is 656. The number of guanidine groups is 1. The highest BCUT2D eigenvalue weighted by Crippen LogP contribution is 2.21. The number of hydrogen-bond acceptors (Lipinski definition) is 5. The molecule has 31 heavy (non-hydrogen) atoms. The van der Waals surface area contributed by atoms with Crippen molar-refractivity contribution >= 4 is 47.8 Å². The first-order valence-corrected chi connectivity index (χ1v) is 10.9. The van der Waals surface area contributed by atoms with Crippen LogP contribution in [0.2, 0.25) is 0 Å². The Kier molecular flexibility index (Phi) is 9.79. The number of piperazine rings is 1. The second-order valence-electron chi connectivity index (χ2n) is 8.69. The molecule has 3 aliphatic rings. The molecule has 0 aromatic rings. The van der Waals surface area contributed by atoms with Crippen molar-refractivity contribution in [1.82, 2.24) is 30.2 Å². The molecule has 3 heterocycles. The van der Waals surface area contributed by atoms with Crippen LogP contribution in [0.5, 0.6) is 0 Å². The van der Waals surface area contributed by atoms with E-state index < -0.39 is 0 Å². The summed E-state index contributed by atoms with van der Waals surface area (Å²) in [7, 11) is 1.73.